The van der Waals surface area contributed by atoms with E-state index >= 15 is 0 Å². The van der Waals surface area contributed by atoms with Gasteiger partial charge in [-0.1, -0.05) is 66.7 Å². The van der Waals surface area contributed by atoms with Gasteiger partial charge in [-0.25, -0.2) is 0 Å². The van der Waals surface area contributed by atoms with Crippen molar-refractivity contribution in [1.82, 2.24) is 0 Å². The fourth-order valence-electron chi connectivity index (χ4n) is 3.47. The Labute approximate surface area is 141 Å². The molecule has 0 amide bonds. The predicted molar refractivity (Wildman–Crippen MR) is 95.3 cm³/mol. The van der Waals surface area contributed by atoms with Gasteiger partial charge in [-0.2, -0.15) is 0 Å². The second-order valence-electron chi connectivity index (χ2n) is 6.17. The largest absolute Gasteiger partial charge is 0.396 e. The molecule has 2 heteroatoms. The summed E-state index contributed by atoms with van der Waals surface area (Å²) in [6, 6.07) is 22.1. The number of fused-ring (bicyclic) bond motifs is 2. The van der Waals surface area contributed by atoms with Crippen molar-refractivity contribution in [2.24, 2.45) is 0 Å². The van der Waals surface area contributed by atoms with Crippen LogP contribution in [0.25, 0.3) is 11.1 Å². The number of aliphatic hydroxyl groups is 1. The number of carbonyl (C=O) groups excluding carboxylic acids is 1. The number of aliphatic hydroxyl groups excluding tert-OH is 1. The van der Waals surface area contributed by atoms with Crippen molar-refractivity contribution in [3.63, 3.8) is 0 Å². The molecule has 0 aromatic heterocycles. The van der Waals surface area contributed by atoms with Gasteiger partial charge in [0.1, 0.15) is 0 Å². The number of ketones is 1. The summed E-state index contributed by atoms with van der Waals surface area (Å²) in [4.78, 5) is 13.0. The molecule has 3 aromatic carbocycles. The quantitative estimate of drug-likeness (QED) is 0.620. The summed E-state index contributed by atoms with van der Waals surface area (Å²) in [6.07, 6.45) is 1.45. The maximum atomic E-state index is 13.0. The highest BCUT2D eigenvalue weighted by Gasteiger charge is 2.25. The molecule has 1 aliphatic carbocycles. The molecule has 0 spiro atoms. The molecule has 1 aliphatic rings. The lowest BCUT2D eigenvalue weighted by Gasteiger charge is -2.21. The third-order valence-corrected chi connectivity index (χ3v) is 4.69. The number of carbonyl (C=O) groups is 1. The maximum Gasteiger partial charge on any atom is 0.194 e. The van der Waals surface area contributed by atoms with Gasteiger partial charge in [0, 0.05) is 17.7 Å². The Morgan fingerprint density at radius 2 is 1.50 bits per heavy atom. The normalized spacial score (nSPS) is 12.6. The van der Waals surface area contributed by atoms with Gasteiger partial charge in [-0.05, 0) is 40.7 Å². The van der Waals surface area contributed by atoms with Crippen LogP contribution in [0, 0.1) is 0 Å². The summed E-state index contributed by atoms with van der Waals surface area (Å²) in [6.45, 7) is 0.148. The molecule has 1 N–H and O–H groups in total. The number of hydrogen-bond acceptors (Lipinski definition) is 2. The van der Waals surface area contributed by atoms with Crippen molar-refractivity contribution >= 4 is 5.78 Å². The Morgan fingerprint density at radius 3 is 2.29 bits per heavy atom. The highest BCUT2D eigenvalue weighted by Crippen LogP contribution is 2.34. The summed E-state index contributed by atoms with van der Waals surface area (Å²) in [5.74, 6) is 0.113. The van der Waals surface area contributed by atoms with Crippen molar-refractivity contribution in [1.29, 1.82) is 0 Å². The molecular formula is C22H18O2. The summed E-state index contributed by atoms with van der Waals surface area (Å²) in [5, 5.41) is 9.05. The van der Waals surface area contributed by atoms with E-state index in [4.69, 9.17) is 5.11 Å². The first-order chi connectivity index (χ1) is 11.8. The van der Waals surface area contributed by atoms with Gasteiger partial charge >= 0.3 is 0 Å². The van der Waals surface area contributed by atoms with Crippen LogP contribution in [-0.2, 0) is 12.8 Å². The van der Waals surface area contributed by atoms with Crippen LogP contribution in [0.15, 0.2) is 66.7 Å². The highest BCUT2D eigenvalue weighted by molar-refractivity contribution is 6.16. The minimum Gasteiger partial charge on any atom is -0.396 e. The molecule has 0 aliphatic heterocycles. The fourth-order valence-corrected chi connectivity index (χ4v) is 3.47. The van der Waals surface area contributed by atoms with E-state index in [-0.39, 0.29) is 12.4 Å². The van der Waals surface area contributed by atoms with Gasteiger partial charge in [-0.15, -0.1) is 0 Å². The third-order valence-electron chi connectivity index (χ3n) is 4.69. The summed E-state index contributed by atoms with van der Waals surface area (Å²) in [5.41, 5.74) is 6.97. The van der Waals surface area contributed by atoms with E-state index in [2.05, 4.69) is 0 Å². The lowest BCUT2D eigenvalue weighted by atomic mass is 9.81. The molecule has 0 heterocycles. The van der Waals surface area contributed by atoms with Crippen LogP contribution >= 0.6 is 0 Å². The first-order valence-electron chi connectivity index (χ1n) is 8.22. The average Bonchev–Trinajstić information content (AvgIpc) is 2.62. The van der Waals surface area contributed by atoms with E-state index in [1.54, 1.807) is 0 Å². The Morgan fingerprint density at radius 1 is 0.792 bits per heavy atom. The Bertz CT molecular complexity index is 908. The smallest absolute Gasteiger partial charge is 0.194 e. The number of hydrogen-bond donors (Lipinski definition) is 1. The molecule has 2 nitrogen and oxygen atoms in total. The minimum absolute atomic E-state index is 0.113. The van der Waals surface area contributed by atoms with Crippen LogP contribution < -0.4 is 0 Å². The Kier molecular flexibility index (Phi) is 3.75. The summed E-state index contributed by atoms with van der Waals surface area (Å²) < 4.78 is 0. The molecule has 0 bridgehead atoms. The number of benzene rings is 3. The van der Waals surface area contributed by atoms with Crippen molar-refractivity contribution in [3.05, 3.63) is 94.5 Å². The average molecular weight is 314 g/mol. The molecule has 0 unspecified atom stereocenters. The van der Waals surface area contributed by atoms with Gasteiger partial charge < -0.3 is 5.11 Å². The van der Waals surface area contributed by atoms with E-state index < -0.39 is 0 Å². The zero-order valence-electron chi connectivity index (χ0n) is 13.3. The molecule has 4 rings (SSSR count). The Balaban J connectivity index is 1.82. The van der Waals surface area contributed by atoms with Gasteiger partial charge in [-0.3, -0.25) is 4.79 Å². The van der Waals surface area contributed by atoms with E-state index in [1.807, 2.05) is 66.7 Å². The summed E-state index contributed by atoms with van der Waals surface area (Å²) in [7, 11) is 0. The zero-order chi connectivity index (χ0) is 16.5. The first kappa shape index (κ1) is 14.9. The standard InChI is InChI=1S/C22H18O2/c23-13-12-15-8-10-16(11-9-15)19-7-3-5-18-14-17-4-1-2-6-20(17)22(24)21(18)19/h1-11,23H,12-14H2. The first-order valence-corrected chi connectivity index (χ1v) is 8.22. The lowest BCUT2D eigenvalue weighted by Crippen LogP contribution is -2.16. The number of rotatable bonds is 3. The molecule has 0 atom stereocenters. The van der Waals surface area contributed by atoms with Crippen molar-refractivity contribution in [2.45, 2.75) is 12.8 Å². The molecule has 0 saturated carbocycles. The van der Waals surface area contributed by atoms with Gasteiger partial charge in [0.2, 0.25) is 0 Å². The second kappa shape index (κ2) is 6.06. The van der Waals surface area contributed by atoms with Crippen LogP contribution in [0.1, 0.15) is 32.6 Å². The monoisotopic (exact) mass is 314 g/mol. The topological polar surface area (TPSA) is 37.3 Å². The van der Waals surface area contributed by atoms with Crippen molar-refractivity contribution < 1.29 is 9.90 Å². The third kappa shape index (κ3) is 2.45. The molecule has 118 valence electrons. The Hall–Kier alpha value is -2.71. The van der Waals surface area contributed by atoms with E-state index in [0.717, 1.165) is 45.4 Å². The summed E-state index contributed by atoms with van der Waals surface area (Å²) >= 11 is 0. The van der Waals surface area contributed by atoms with Crippen LogP contribution in [0.3, 0.4) is 0 Å². The second-order valence-corrected chi connectivity index (χ2v) is 6.17. The van der Waals surface area contributed by atoms with Crippen molar-refractivity contribution in [2.75, 3.05) is 6.61 Å². The highest BCUT2D eigenvalue weighted by atomic mass is 16.2. The molecule has 3 aromatic rings. The van der Waals surface area contributed by atoms with E-state index in [9.17, 15) is 4.79 Å². The SMILES string of the molecule is O=C1c2ccccc2Cc2cccc(-c3ccc(CCO)cc3)c21. The van der Waals surface area contributed by atoms with Gasteiger partial charge in [0.15, 0.2) is 5.78 Å². The van der Waals surface area contributed by atoms with E-state index in [1.165, 1.54) is 0 Å². The maximum absolute atomic E-state index is 13.0. The molecular weight excluding hydrogens is 296 g/mol. The molecule has 0 radical (unpaired) electrons. The van der Waals surface area contributed by atoms with Crippen LogP contribution in [0.5, 0.6) is 0 Å². The van der Waals surface area contributed by atoms with Gasteiger partial charge in [0.05, 0.1) is 0 Å². The minimum atomic E-state index is 0.113. The van der Waals surface area contributed by atoms with Crippen LogP contribution in [0.2, 0.25) is 0 Å². The van der Waals surface area contributed by atoms with Crippen molar-refractivity contribution in [3.8, 4) is 11.1 Å². The van der Waals surface area contributed by atoms with Crippen LogP contribution in [0.4, 0.5) is 0 Å². The fraction of sp³-hybridized carbons (Fsp3) is 0.136. The van der Waals surface area contributed by atoms with E-state index in [0.29, 0.717) is 6.42 Å². The lowest BCUT2D eigenvalue weighted by molar-refractivity contribution is 0.103. The van der Waals surface area contributed by atoms with Crippen LogP contribution in [-0.4, -0.2) is 17.5 Å². The van der Waals surface area contributed by atoms with Gasteiger partial charge in [0.25, 0.3) is 0 Å². The molecule has 0 fully saturated rings. The molecule has 0 saturated heterocycles. The molecule has 24 heavy (non-hydrogen) atoms. The predicted octanol–water partition coefficient (Wildman–Crippen LogP) is 4.02. The zero-order valence-corrected chi connectivity index (χ0v) is 13.3.